The van der Waals surface area contributed by atoms with Gasteiger partial charge >= 0.3 is 0 Å². The summed E-state index contributed by atoms with van der Waals surface area (Å²) in [7, 11) is 0. The number of hydrogen-bond acceptors (Lipinski definition) is 2. The number of amides is 1. The van der Waals surface area contributed by atoms with Crippen LogP contribution in [0.1, 0.15) is 12.5 Å². The van der Waals surface area contributed by atoms with E-state index in [1.165, 1.54) is 13.1 Å². The second-order valence-electron chi connectivity index (χ2n) is 2.25. The first-order chi connectivity index (χ1) is 5.74. The standard InChI is InChI=1S/C9H8N2O/c1-3-8-4-5-10-6-9(8)11-7(2)12/h1,4-6H,2H3,(H,11,12). The van der Waals surface area contributed by atoms with Crippen LogP contribution in [0.15, 0.2) is 18.5 Å². The molecular formula is C9H8N2O. The zero-order valence-corrected chi connectivity index (χ0v) is 6.66. The van der Waals surface area contributed by atoms with E-state index < -0.39 is 0 Å². The molecule has 1 heterocycles. The number of anilines is 1. The Morgan fingerprint density at radius 2 is 2.50 bits per heavy atom. The molecule has 0 aliphatic carbocycles. The highest BCUT2D eigenvalue weighted by molar-refractivity contribution is 5.89. The zero-order chi connectivity index (χ0) is 8.97. The fourth-order valence-corrected chi connectivity index (χ4v) is 0.810. The van der Waals surface area contributed by atoms with Crippen molar-refractivity contribution in [3.8, 4) is 12.3 Å². The Morgan fingerprint density at radius 3 is 3.08 bits per heavy atom. The number of nitrogens with one attached hydrogen (secondary N) is 1. The summed E-state index contributed by atoms with van der Waals surface area (Å²) in [5.41, 5.74) is 1.22. The van der Waals surface area contributed by atoms with E-state index in [1.54, 1.807) is 12.3 Å². The molecule has 60 valence electrons. The molecule has 3 heteroatoms. The monoisotopic (exact) mass is 160 g/mol. The minimum absolute atomic E-state index is 0.153. The third kappa shape index (κ3) is 1.83. The quantitative estimate of drug-likeness (QED) is 0.623. The Hall–Kier alpha value is -1.82. The lowest BCUT2D eigenvalue weighted by atomic mass is 10.2. The highest BCUT2D eigenvalue weighted by atomic mass is 16.1. The maximum Gasteiger partial charge on any atom is 0.221 e. The zero-order valence-electron chi connectivity index (χ0n) is 6.66. The first-order valence-electron chi connectivity index (χ1n) is 3.42. The van der Waals surface area contributed by atoms with E-state index in [0.717, 1.165) is 0 Å². The number of carbonyl (C=O) groups excluding carboxylic acids is 1. The van der Waals surface area contributed by atoms with Crippen LogP contribution in [0, 0.1) is 12.3 Å². The molecule has 1 amide bonds. The van der Waals surface area contributed by atoms with Crippen molar-refractivity contribution in [3.05, 3.63) is 24.0 Å². The van der Waals surface area contributed by atoms with E-state index in [9.17, 15) is 4.79 Å². The largest absolute Gasteiger partial charge is 0.324 e. The van der Waals surface area contributed by atoms with Gasteiger partial charge < -0.3 is 5.32 Å². The Balaban J connectivity index is 2.99. The molecule has 0 aliphatic rings. The molecule has 3 nitrogen and oxygen atoms in total. The van der Waals surface area contributed by atoms with Crippen LogP contribution < -0.4 is 5.32 Å². The van der Waals surface area contributed by atoms with Gasteiger partial charge in [-0.1, -0.05) is 5.92 Å². The lowest BCUT2D eigenvalue weighted by Crippen LogP contribution is -2.07. The van der Waals surface area contributed by atoms with Gasteiger partial charge in [0.2, 0.25) is 5.91 Å². The predicted molar refractivity (Wildman–Crippen MR) is 46.5 cm³/mol. The summed E-state index contributed by atoms with van der Waals surface area (Å²) in [5.74, 6) is 2.29. The fraction of sp³-hybridized carbons (Fsp3) is 0.111. The SMILES string of the molecule is C#Cc1ccncc1NC(C)=O. The molecule has 0 atom stereocenters. The van der Waals surface area contributed by atoms with Crippen LogP contribution in [0.4, 0.5) is 5.69 Å². The molecule has 0 unspecified atom stereocenters. The van der Waals surface area contributed by atoms with Crippen LogP contribution >= 0.6 is 0 Å². The highest BCUT2D eigenvalue weighted by Crippen LogP contribution is 2.10. The summed E-state index contributed by atoms with van der Waals surface area (Å²) in [5, 5.41) is 2.58. The predicted octanol–water partition coefficient (Wildman–Crippen LogP) is 1.02. The van der Waals surface area contributed by atoms with Crippen molar-refractivity contribution in [2.75, 3.05) is 5.32 Å². The molecule has 1 aromatic rings. The van der Waals surface area contributed by atoms with Crippen molar-refractivity contribution in [2.24, 2.45) is 0 Å². The molecular weight excluding hydrogens is 152 g/mol. The van der Waals surface area contributed by atoms with Gasteiger partial charge in [0.15, 0.2) is 0 Å². The number of hydrogen-bond donors (Lipinski definition) is 1. The number of carbonyl (C=O) groups is 1. The summed E-state index contributed by atoms with van der Waals surface area (Å²) in [6.45, 7) is 1.42. The van der Waals surface area contributed by atoms with Gasteiger partial charge in [0.25, 0.3) is 0 Å². The number of rotatable bonds is 1. The lowest BCUT2D eigenvalue weighted by Gasteiger charge is -2.02. The summed E-state index contributed by atoms with van der Waals surface area (Å²) in [6.07, 6.45) is 8.31. The summed E-state index contributed by atoms with van der Waals surface area (Å²) in [6, 6.07) is 1.67. The molecule has 0 aliphatic heterocycles. The normalized spacial score (nSPS) is 8.67. The van der Waals surface area contributed by atoms with Gasteiger partial charge in [0.05, 0.1) is 17.4 Å². The van der Waals surface area contributed by atoms with Crippen molar-refractivity contribution in [3.63, 3.8) is 0 Å². The molecule has 12 heavy (non-hydrogen) atoms. The molecule has 0 saturated carbocycles. The molecule has 0 saturated heterocycles. The van der Waals surface area contributed by atoms with Crippen LogP contribution in [0.2, 0.25) is 0 Å². The molecule has 1 N–H and O–H groups in total. The molecule has 0 aromatic carbocycles. The summed E-state index contributed by atoms with van der Waals surface area (Å²) in [4.78, 5) is 14.5. The van der Waals surface area contributed by atoms with Gasteiger partial charge in [0.1, 0.15) is 0 Å². The highest BCUT2D eigenvalue weighted by Gasteiger charge is 1.99. The van der Waals surface area contributed by atoms with Gasteiger partial charge in [-0.05, 0) is 6.07 Å². The van der Waals surface area contributed by atoms with Gasteiger partial charge in [-0.15, -0.1) is 6.42 Å². The minimum Gasteiger partial charge on any atom is -0.324 e. The average molecular weight is 160 g/mol. The molecule has 1 rings (SSSR count). The Labute approximate surface area is 70.8 Å². The third-order valence-corrected chi connectivity index (χ3v) is 1.29. The van der Waals surface area contributed by atoms with Crippen LogP contribution in [0.25, 0.3) is 0 Å². The van der Waals surface area contributed by atoms with Gasteiger partial charge in [-0.3, -0.25) is 9.78 Å². The minimum atomic E-state index is -0.153. The molecule has 0 bridgehead atoms. The topological polar surface area (TPSA) is 42.0 Å². The maximum atomic E-state index is 10.7. The van der Waals surface area contributed by atoms with Crippen LogP contribution in [0.3, 0.4) is 0 Å². The smallest absolute Gasteiger partial charge is 0.221 e. The van der Waals surface area contributed by atoms with E-state index >= 15 is 0 Å². The fourth-order valence-electron chi connectivity index (χ4n) is 0.810. The van der Waals surface area contributed by atoms with Crippen molar-refractivity contribution in [1.82, 2.24) is 4.98 Å². The second kappa shape index (κ2) is 3.54. The van der Waals surface area contributed by atoms with Crippen LogP contribution in [-0.4, -0.2) is 10.9 Å². The molecule has 0 fully saturated rings. The lowest BCUT2D eigenvalue weighted by molar-refractivity contribution is -0.114. The number of pyridine rings is 1. The van der Waals surface area contributed by atoms with Crippen molar-refractivity contribution < 1.29 is 4.79 Å². The van der Waals surface area contributed by atoms with E-state index in [-0.39, 0.29) is 5.91 Å². The Kier molecular flexibility index (Phi) is 2.44. The Bertz CT molecular complexity index is 339. The molecule has 0 radical (unpaired) electrons. The van der Waals surface area contributed by atoms with E-state index in [4.69, 9.17) is 6.42 Å². The summed E-state index contributed by atoms with van der Waals surface area (Å²) < 4.78 is 0. The number of terminal acetylenes is 1. The van der Waals surface area contributed by atoms with E-state index in [2.05, 4.69) is 16.2 Å². The van der Waals surface area contributed by atoms with Crippen molar-refractivity contribution in [2.45, 2.75) is 6.92 Å². The Morgan fingerprint density at radius 1 is 1.75 bits per heavy atom. The first-order valence-corrected chi connectivity index (χ1v) is 3.42. The van der Waals surface area contributed by atoms with Crippen LogP contribution in [-0.2, 0) is 4.79 Å². The van der Waals surface area contributed by atoms with Gasteiger partial charge in [0, 0.05) is 13.1 Å². The molecule has 1 aromatic heterocycles. The average Bonchev–Trinajstić information content (AvgIpc) is 2.04. The summed E-state index contributed by atoms with van der Waals surface area (Å²) >= 11 is 0. The van der Waals surface area contributed by atoms with Crippen molar-refractivity contribution in [1.29, 1.82) is 0 Å². The second-order valence-corrected chi connectivity index (χ2v) is 2.25. The maximum absolute atomic E-state index is 10.7. The number of nitrogens with zero attached hydrogens (tertiary/aromatic N) is 1. The van der Waals surface area contributed by atoms with Gasteiger partial charge in [-0.2, -0.15) is 0 Å². The first kappa shape index (κ1) is 8.28. The van der Waals surface area contributed by atoms with Crippen LogP contribution in [0.5, 0.6) is 0 Å². The number of aromatic nitrogens is 1. The third-order valence-electron chi connectivity index (χ3n) is 1.29. The van der Waals surface area contributed by atoms with Crippen molar-refractivity contribution >= 4 is 11.6 Å². The van der Waals surface area contributed by atoms with E-state index in [1.807, 2.05) is 0 Å². The molecule has 0 spiro atoms. The van der Waals surface area contributed by atoms with Gasteiger partial charge in [-0.25, -0.2) is 0 Å². The van der Waals surface area contributed by atoms with E-state index in [0.29, 0.717) is 11.3 Å².